The number of aryl methyl sites for hydroxylation is 1. The van der Waals surface area contributed by atoms with E-state index in [4.69, 9.17) is 16.7 Å². The van der Waals surface area contributed by atoms with Crippen molar-refractivity contribution in [1.82, 2.24) is 15.6 Å². The van der Waals surface area contributed by atoms with Gasteiger partial charge in [-0.15, -0.1) is 11.8 Å². The zero-order valence-corrected chi connectivity index (χ0v) is 24.1. The fourth-order valence-electron chi connectivity index (χ4n) is 4.30. The first-order chi connectivity index (χ1) is 17.8. The minimum atomic E-state index is 0.00515. The molecule has 198 valence electrons. The molecule has 1 aliphatic rings. The van der Waals surface area contributed by atoms with Crippen molar-refractivity contribution < 1.29 is 5.11 Å². The molecule has 0 atom stereocenters. The van der Waals surface area contributed by atoms with Crippen LogP contribution in [0, 0.1) is 6.92 Å². The van der Waals surface area contributed by atoms with Crippen LogP contribution in [0.3, 0.4) is 0 Å². The van der Waals surface area contributed by atoms with Crippen LogP contribution < -0.4 is 10.6 Å². The molecular weight excluding hydrogens is 498 g/mol. The Morgan fingerprint density at radius 1 is 0.973 bits per heavy atom. The summed E-state index contributed by atoms with van der Waals surface area (Å²) in [5.41, 5.74) is 3.31. The highest BCUT2D eigenvalue weighted by Gasteiger charge is 2.17. The normalized spacial score (nSPS) is 13.1. The monoisotopic (exact) mass is 537 g/mol. The van der Waals surface area contributed by atoms with Gasteiger partial charge in [0.15, 0.2) is 0 Å². The Hall–Kier alpha value is -2.15. The second-order valence-electron chi connectivity index (χ2n) is 10.0. The Morgan fingerprint density at radius 2 is 1.70 bits per heavy atom. The first kappa shape index (κ1) is 29.4. The smallest absolute Gasteiger partial charge is 0.132 e. The number of aliphatic hydroxyl groups is 1. The van der Waals surface area contributed by atoms with Crippen LogP contribution in [-0.2, 0) is 6.42 Å². The van der Waals surface area contributed by atoms with Gasteiger partial charge in [-0.05, 0) is 106 Å². The highest BCUT2D eigenvalue weighted by Crippen LogP contribution is 2.24. The maximum Gasteiger partial charge on any atom is 0.132 e. The summed E-state index contributed by atoms with van der Waals surface area (Å²) in [5, 5.41) is 19.8. The third kappa shape index (κ3) is 9.59. The summed E-state index contributed by atoms with van der Waals surface area (Å²) in [5.74, 6) is 0. The van der Waals surface area contributed by atoms with Gasteiger partial charge in [0.25, 0.3) is 0 Å². The number of aliphatic hydroxyl groups excluding tert-OH is 1. The van der Waals surface area contributed by atoms with Crippen LogP contribution in [0.25, 0.3) is 21.7 Å². The summed E-state index contributed by atoms with van der Waals surface area (Å²) in [6.07, 6.45) is 5.80. The lowest BCUT2D eigenvalue weighted by Gasteiger charge is -2.26. The number of nitrogens with one attached hydrogen (secondary N) is 2. The van der Waals surface area contributed by atoms with Crippen LogP contribution >= 0.6 is 23.4 Å². The third-order valence-electron chi connectivity index (χ3n) is 6.28. The summed E-state index contributed by atoms with van der Waals surface area (Å²) < 4.78 is 0. The topological polar surface area (TPSA) is 57.2 Å². The molecule has 0 spiro atoms. The zero-order chi connectivity index (χ0) is 26.7. The summed E-state index contributed by atoms with van der Waals surface area (Å²) in [7, 11) is 0. The highest BCUT2D eigenvalue weighted by atomic mass is 35.5. The SMILES string of the molecule is C1CCNC1.CC(C)(Cc1ccc2ccccc2c1)NCCO.CSc1ccc2nc(Cl)c(C)cc2c1. The van der Waals surface area contributed by atoms with E-state index in [9.17, 15) is 0 Å². The number of thioether (sulfide) groups is 1. The van der Waals surface area contributed by atoms with Gasteiger partial charge in [-0.2, -0.15) is 0 Å². The van der Waals surface area contributed by atoms with E-state index in [0.29, 0.717) is 11.7 Å². The van der Waals surface area contributed by atoms with E-state index in [1.54, 1.807) is 11.8 Å². The molecule has 1 aliphatic heterocycles. The average molecular weight is 538 g/mol. The molecule has 1 aromatic heterocycles. The quantitative estimate of drug-likeness (QED) is 0.182. The maximum absolute atomic E-state index is 8.87. The van der Waals surface area contributed by atoms with Crippen LogP contribution in [0.4, 0.5) is 0 Å². The minimum Gasteiger partial charge on any atom is -0.395 e. The van der Waals surface area contributed by atoms with Crippen molar-refractivity contribution in [2.75, 3.05) is 32.5 Å². The maximum atomic E-state index is 8.87. The molecule has 6 heteroatoms. The summed E-state index contributed by atoms with van der Waals surface area (Å²) in [6, 6.07) is 23.3. The van der Waals surface area contributed by atoms with Gasteiger partial charge in [0.1, 0.15) is 5.15 Å². The summed E-state index contributed by atoms with van der Waals surface area (Å²) >= 11 is 7.68. The highest BCUT2D eigenvalue weighted by molar-refractivity contribution is 7.98. The van der Waals surface area contributed by atoms with Crippen LogP contribution in [-0.4, -0.2) is 48.1 Å². The Kier molecular flexibility index (Phi) is 11.7. The van der Waals surface area contributed by atoms with E-state index in [1.165, 1.54) is 47.2 Å². The van der Waals surface area contributed by atoms with Gasteiger partial charge in [0.2, 0.25) is 0 Å². The predicted octanol–water partition coefficient (Wildman–Crippen LogP) is 7.03. The van der Waals surface area contributed by atoms with Gasteiger partial charge in [-0.25, -0.2) is 4.98 Å². The van der Waals surface area contributed by atoms with Gasteiger partial charge in [-0.1, -0.05) is 54.1 Å². The predicted molar refractivity (Wildman–Crippen MR) is 162 cm³/mol. The first-order valence-electron chi connectivity index (χ1n) is 13.0. The molecule has 5 rings (SSSR count). The molecule has 4 nitrogen and oxygen atoms in total. The number of halogens is 1. The molecule has 4 aromatic rings. The lowest BCUT2D eigenvalue weighted by molar-refractivity contribution is 0.265. The summed E-state index contributed by atoms with van der Waals surface area (Å²) in [6.45, 7) is 9.62. The number of hydrogen-bond donors (Lipinski definition) is 3. The molecule has 0 amide bonds. The molecule has 1 saturated heterocycles. The van der Waals surface area contributed by atoms with Crippen molar-refractivity contribution in [2.24, 2.45) is 0 Å². The molecule has 0 saturated carbocycles. The van der Waals surface area contributed by atoms with Crippen molar-refractivity contribution in [3.63, 3.8) is 0 Å². The van der Waals surface area contributed by atoms with Crippen LogP contribution in [0.2, 0.25) is 5.15 Å². The molecule has 2 heterocycles. The number of fused-ring (bicyclic) bond motifs is 2. The van der Waals surface area contributed by atoms with Crippen molar-refractivity contribution in [2.45, 2.75) is 50.5 Å². The third-order valence-corrected chi connectivity index (χ3v) is 7.39. The van der Waals surface area contributed by atoms with Gasteiger partial charge < -0.3 is 15.7 Å². The van der Waals surface area contributed by atoms with Gasteiger partial charge in [0, 0.05) is 22.4 Å². The molecule has 37 heavy (non-hydrogen) atoms. The largest absolute Gasteiger partial charge is 0.395 e. The van der Waals surface area contributed by atoms with Crippen LogP contribution in [0.5, 0.6) is 0 Å². The number of rotatable bonds is 6. The Labute approximate surface area is 231 Å². The van der Waals surface area contributed by atoms with Gasteiger partial charge >= 0.3 is 0 Å². The molecule has 3 N–H and O–H groups in total. The van der Waals surface area contributed by atoms with E-state index in [1.807, 2.05) is 13.0 Å². The van der Waals surface area contributed by atoms with Gasteiger partial charge in [-0.3, -0.25) is 0 Å². The van der Waals surface area contributed by atoms with E-state index < -0.39 is 0 Å². The number of nitrogens with zero attached hydrogens (tertiary/aromatic N) is 1. The number of aromatic nitrogens is 1. The Balaban J connectivity index is 0.000000176. The lowest BCUT2D eigenvalue weighted by atomic mass is 9.93. The van der Waals surface area contributed by atoms with E-state index in [0.717, 1.165) is 22.9 Å². The van der Waals surface area contributed by atoms with Crippen LogP contribution in [0.15, 0.2) is 71.6 Å². The molecule has 3 aromatic carbocycles. The number of hydrogen-bond acceptors (Lipinski definition) is 5. The molecule has 1 fully saturated rings. The lowest BCUT2D eigenvalue weighted by Crippen LogP contribution is -2.42. The zero-order valence-electron chi connectivity index (χ0n) is 22.5. The number of benzene rings is 3. The van der Waals surface area contributed by atoms with Crippen molar-refractivity contribution in [3.05, 3.63) is 83.0 Å². The summed E-state index contributed by atoms with van der Waals surface area (Å²) in [4.78, 5) is 5.56. The average Bonchev–Trinajstić information content (AvgIpc) is 3.49. The van der Waals surface area contributed by atoms with Crippen LogP contribution in [0.1, 0.15) is 37.8 Å². The Morgan fingerprint density at radius 3 is 2.35 bits per heavy atom. The van der Waals surface area contributed by atoms with Crippen molar-refractivity contribution >= 4 is 45.0 Å². The Bertz CT molecular complexity index is 1270. The van der Waals surface area contributed by atoms with Crippen molar-refractivity contribution in [3.8, 4) is 0 Å². The number of pyridine rings is 1. The molecule has 0 aliphatic carbocycles. The van der Waals surface area contributed by atoms with Crippen molar-refractivity contribution in [1.29, 1.82) is 0 Å². The van der Waals surface area contributed by atoms with E-state index >= 15 is 0 Å². The molecule has 0 bridgehead atoms. The number of β-amino-alcohol motifs (C(OH)–C–C–N with tert-alkyl or cyclic N) is 1. The molecule has 0 unspecified atom stereocenters. The molecule has 0 radical (unpaired) electrons. The second-order valence-corrected chi connectivity index (χ2v) is 11.2. The second kappa shape index (κ2) is 14.7. The first-order valence-corrected chi connectivity index (χ1v) is 14.6. The van der Waals surface area contributed by atoms with E-state index in [2.05, 4.69) is 96.4 Å². The minimum absolute atomic E-state index is 0.00515. The van der Waals surface area contributed by atoms with Gasteiger partial charge in [0.05, 0.1) is 12.1 Å². The standard InChI is InChI=1S/C16H21NO.C11H10ClNS.C4H9N/c1-16(2,17-9-10-18)12-13-7-8-14-5-3-4-6-15(14)11-13;1-7-5-8-6-9(14-2)3-4-10(8)13-11(7)12;1-2-4-5-3-1/h3-8,11,17-18H,9-10,12H2,1-2H3;3-6H,1-2H3;5H,1-4H2. The fourth-order valence-corrected chi connectivity index (χ4v) is 4.90. The fraction of sp³-hybridized carbons (Fsp3) is 0.387. The molecular formula is C31H40ClN3OS. The van der Waals surface area contributed by atoms with E-state index in [-0.39, 0.29) is 12.1 Å².